The molecule has 0 amide bonds. The summed E-state index contributed by atoms with van der Waals surface area (Å²) in [5.41, 5.74) is 41.7. The van der Waals surface area contributed by atoms with Gasteiger partial charge >= 0.3 is 0 Å². The highest BCUT2D eigenvalue weighted by Gasteiger charge is 2.49. The van der Waals surface area contributed by atoms with E-state index >= 15 is 0 Å². The quantitative estimate of drug-likeness (QED) is 0.141. The number of aromatic nitrogens is 2. The van der Waals surface area contributed by atoms with Crippen LogP contribution in [-0.2, 0) is 70.4 Å². The molecule has 0 spiro atoms. The molecule has 0 bridgehead atoms. The highest BCUT2D eigenvalue weighted by Crippen LogP contribution is 2.60. The van der Waals surface area contributed by atoms with Gasteiger partial charge in [-0.15, -0.1) is 0 Å². The van der Waals surface area contributed by atoms with E-state index in [-0.39, 0.29) is 71.7 Å². The minimum Gasteiger partial charge on any atom is -0.310 e. The molecule has 4 heterocycles. The maximum absolute atomic E-state index is 2.88. The van der Waals surface area contributed by atoms with Crippen LogP contribution in [0.5, 0.6) is 0 Å². The zero-order chi connectivity index (χ0) is 98.4. The first kappa shape index (κ1) is 95.8. The van der Waals surface area contributed by atoms with E-state index in [1.165, 1.54) is 188 Å². The molecule has 0 aliphatic carbocycles. The fourth-order valence-electron chi connectivity index (χ4n) is 21.6. The second-order valence-corrected chi connectivity index (χ2v) is 53.8. The van der Waals surface area contributed by atoms with Gasteiger partial charge in [0.15, 0.2) is 0 Å². The van der Waals surface area contributed by atoms with E-state index in [0.717, 1.165) is 34.1 Å². The lowest BCUT2D eigenvalue weighted by molar-refractivity contribution is 0.570. The largest absolute Gasteiger partial charge is 0.310 e. The van der Waals surface area contributed by atoms with Crippen molar-refractivity contribution >= 4 is 101 Å². The van der Waals surface area contributed by atoms with Gasteiger partial charge in [0.25, 0.3) is 6.71 Å². The molecular weight excluding hydrogens is 1630 g/mol. The first-order valence-corrected chi connectivity index (χ1v) is 50.3. The molecule has 13 aromatic carbocycles. The molecule has 2 aliphatic rings. The standard InChI is InChI=1S/C130H155BN4/c1-118(2,3)80-50-46-78(47-51-80)91-70-86(124(19,20)21)72-97(113-99(127(28,29)30)42-40-43-100(113)128(31,32)33)116(91)134-109-76-89(132-105-62-54-82(120(7,8)9)66-93(105)94-67-83(121(10,11)12)55-63-106(94)132)58-60-103(109)131-104-61-59-90(133-107-64-56-84(122(13,14)15)68-95(107)96-69-85(123(16,17)18)57-65-108(96)133)77-110(104)135(112-75-88(126(25,26)27)74-111(134)115(112)131)117-92(79-48-52-81(53-49-79)119(4,5)6)71-87(125(22,23)24)73-98(117)114-101(129(34,35)36)44-41-45-102(114)130(37,38)39/h40-77H,1-39H3. The summed E-state index contributed by atoms with van der Waals surface area (Å²) >= 11 is 0. The molecule has 2 aliphatic heterocycles. The molecule has 0 fully saturated rings. The topological polar surface area (TPSA) is 16.3 Å². The average Bonchev–Trinajstić information content (AvgIpc) is 1.08. The lowest BCUT2D eigenvalue weighted by Crippen LogP contribution is -2.61. The summed E-state index contributed by atoms with van der Waals surface area (Å²) in [5, 5.41) is 5.06. The molecule has 0 saturated carbocycles. The number of rotatable bonds is 8. The van der Waals surface area contributed by atoms with Gasteiger partial charge in [-0.05, 0) is 291 Å². The number of benzene rings is 13. The van der Waals surface area contributed by atoms with E-state index in [4.69, 9.17) is 0 Å². The predicted molar refractivity (Wildman–Crippen MR) is 594 cm³/mol. The van der Waals surface area contributed by atoms with E-state index in [0.29, 0.717) is 0 Å². The summed E-state index contributed by atoms with van der Waals surface area (Å²) in [6.45, 7) is 93.4. The van der Waals surface area contributed by atoms with Crippen molar-refractivity contribution in [1.82, 2.24) is 9.13 Å². The fraction of sp³-hybridized carbons (Fsp3) is 0.400. The fourth-order valence-corrected chi connectivity index (χ4v) is 21.6. The third-order valence-electron chi connectivity index (χ3n) is 29.8. The van der Waals surface area contributed by atoms with Crippen LogP contribution in [0.4, 0.5) is 34.1 Å². The lowest BCUT2D eigenvalue weighted by Gasteiger charge is -2.47. The minimum absolute atomic E-state index is 0.0937. The van der Waals surface area contributed by atoms with Crippen LogP contribution in [0.1, 0.15) is 342 Å². The van der Waals surface area contributed by atoms with Crippen molar-refractivity contribution in [2.45, 2.75) is 340 Å². The number of hydrogen-bond donors (Lipinski definition) is 0. The van der Waals surface area contributed by atoms with E-state index in [1.54, 1.807) is 0 Å². The van der Waals surface area contributed by atoms with Gasteiger partial charge in [-0.25, -0.2) is 0 Å². The second-order valence-electron chi connectivity index (χ2n) is 53.8. The van der Waals surface area contributed by atoms with Crippen LogP contribution in [0.3, 0.4) is 0 Å². The molecule has 0 atom stereocenters. The summed E-state index contributed by atoms with van der Waals surface area (Å²) < 4.78 is 5.25. The first-order chi connectivity index (χ1) is 62.2. The minimum atomic E-state index is -0.421. The molecule has 4 nitrogen and oxygen atoms in total. The smallest absolute Gasteiger partial charge is 0.252 e. The third-order valence-corrected chi connectivity index (χ3v) is 29.8. The van der Waals surface area contributed by atoms with Gasteiger partial charge < -0.3 is 18.9 Å². The van der Waals surface area contributed by atoms with Crippen LogP contribution in [-0.4, -0.2) is 15.8 Å². The summed E-state index contributed by atoms with van der Waals surface area (Å²) in [6.07, 6.45) is 0. The highest BCUT2D eigenvalue weighted by molar-refractivity contribution is 7.00. The maximum Gasteiger partial charge on any atom is 0.252 e. The van der Waals surface area contributed by atoms with Gasteiger partial charge in [0, 0.05) is 77.9 Å². The monoisotopic (exact) mass is 1780 g/mol. The van der Waals surface area contributed by atoms with Gasteiger partial charge in [-0.1, -0.05) is 391 Å². The number of fused-ring (bicyclic) bond motifs is 10. The van der Waals surface area contributed by atoms with E-state index in [9.17, 15) is 0 Å². The summed E-state index contributed by atoms with van der Waals surface area (Å²) in [7, 11) is 0. The van der Waals surface area contributed by atoms with Gasteiger partial charge in [0.05, 0.1) is 33.4 Å². The van der Waals surface area contributed by atoms with E-state index < -0.39 is 5.41 Å². The molecule has 135 heavy (non-hydrogen) atoms. The molecule has 2 aromatic heterocycles. The van der Waals surface area contributed by atoms with Crippen LogP contribution in [0, 0.1) is 0 Å². The normalized spacial score (nSPS) is 14.1. The Morgan fingerprint density at radius 2 is 0.430 bits per heavy atom. The third kappa shape index (κ3) is 17.1. The Bertz CT molecular complexity index is 6630. The summed E-state index contributed by atoms with van der Waals surface area (Å²) in [6, 6.07) is 95.1. The molecule has 698 valence electrons. The molecule has 0 saturated heterocycles. The Kier molecular flexibility index (Phi) is 22.6. The molecule has 5 heteroatoms. The number of hydrogen-bond acceptors (Lipinski definition) is 2. The van der Waals surface area contributed by atoms with E-state index in [1.807, 2.05) is 0 Å². The molecule has 0 radical (unpaired) electrons. The van der Waals surface area contributed by atoms with Crippen molar-refractivity contribution in [1.29, 1.82) is 0 Å². The Labute approximate surface area is 813 Å². The van der Waals surface area contributed by atoms with Gasteiger partial charge in [-0.2, -0.15) is 0 Å². The Morgan fingerprint density at radius 3 is 0.674 bits per heavy atom. The Hall–Kier alpha value is -10.9. The van der Waals surface area contributed by atoms with Crippen molar-refractivity contribution in [2.75, 3.05) is 9.80 Å². The lowest BCUT2D eigenvalue weighted by atomic mass is 9.33. The highest BCUT2D eigenvalue weighted by atomic mass is 15.2. The SMILES string of the molecule is CC(C)(C)c1ccc(-c2cc(C(C)(C)C)cc(-c3c(C(C)(C)C)cccc3C(C)(C)C)c2N2c3cc(-n4c5ccc(C(C)(C)C)cc5c5cc(C(C)(C)C)ccc54)ccc3B3c4ccc(-n5c6ccc(C(C)(C)C)cc6c6cc(C(C)(C)C)ccc65)cc4N(c4c(-c5ccc(C(C)(C)C)cc5)cc(C(C)(C)C)cc4-c4c(C(C)(C)C)cccc4C(C)(C)C)c4cc(C(C)(C)C)cc2c43)cc1. The molecule has 17 rings (SSSR count). The van der Waals surface area contributed by atoms with Crippen molar-refractivity contribution in [3.8, 4) is 55.9 Å². The molecule has 0 N–H and O–H groups in total. The van der Waals surface area contributed by atoms with Gasteiger partial charge in [0.2, 0.25) is 0 Å². The van der Waals surface area contributed by atoms with Crippen LogP contribution in [0.15, 0.2) is 231 Å². The van der Waals surface area contributed by atoms with Crippen molar-refractivity contribution in [3.63, 3.8) is 0 Å². The first-order valence-electron chi connectivity index (χ1n) is 50.3. The van der Waals surface area contributed by atoms with Gasteiger partial charge in [0.1, 0.15) is 0 Å². The molecular formula is C130H155BN4. The molecule has 0 unspecified atom stereocenters. The number of nitrogens with zero attached hydrogens (tertiary/aromatic N) is 4. The van der Waals surface area contributed by atoms with Crippen molar-refractivity contribution in [2.24, 2.45) is 0 Å². The number of anilines is 6. The Morgan fingerprint density at radius 1 is 0.193 bits per heavy atom. The van der Waals surface area contributed by atoms with E-state index in [2.05, 4.69) is 519 Å². The average molecular weight is 1780 g/mol. The van der Waals surface area contributed by atoms with Crippen molar-refractivity contribution in [3.05, 3.63) is 303 Å². The second kappa shape index (κ2) is 31.8. The summed E-state index contributed by atoms with van der Waals surface area (Å²) in [4.78, 5) is 5.76. The summed E-state index contributed by atoms with van der Waals surface area (Å²) in [5.74, 6) is 0. The van der Waals surface area contributed by atoms with Crippen LogP contribution >= 0.6 is 0 Å². The van der Waals surface area contributed by atoms with Crippen LogP contribution in [0.2, 0.25) is 0 Å². The maximum atomic E-state index is 2.88. The predicted octanol–water partition coefficient (Wildman–Crippen LogP) is 35.5. The Balaban J connectivity index is 1.15. The zero-order valence-corrected chi connectivity index (χ0v) is 89.8. The molecule has 15 aromatic rings. The van der Waals surface area contributed by atoms with Crippen molar-refractivity contribution < 1.29 is 0 Å². The van der Waals surface area contributed by atoms with Gasteiger partial charge in [-0.3, -0.25) is 0 Å². The zero-order valence-electron chi connectivity index (χ0n) is 89.8. The van der Waals surface area contributed by atoms with Crippen LogP contribution < -0.4 is 26.2 Å². The van der Waals surface area contributed by atoms with Crippen LogP contribution in [0.25, 0.3) is 99.5 Å².